The molecule has 20 heavy (non-hydrogen) atoms. The van der Waals surface area contributed by atoms with E-state index in [2.05, 4.69) is 9.37 Å². The number of benzene rings is 2. The highest BCUT2D eigenvalue weighted by Crippen LogP contribution is 2.29. The van der Waals surface area contributed by atoms with Gasteiger partial charge in [-0.05, 0) is 60.4 Å². The summed E-state index contributed by atoms with van der Waals surface area (Å²) in [6.07, 6.45) is 1.86. The van der Waals surface area contributed by atoms with Crippen LogP contribution in [0.3, 0.4) is 0 Å². The lowest BCUT2D eigenvalue weighted by atomic mass is 10.2. The molecule has 1 aromatic heterocycles. The summed E-state index contributed by atoms with van der Waals surface area (Å²) in [5, 5.41) is 2.04. The fourth-order valence-electron chi connectivity index (χ4n) is 1.92. The highest BCUT2D eigenvalue weighted by molar-refractivity contribution is 7.11. The molecule has 0 aliphatic carbocycles. The van der Waals surface area contributed by atoms with Crippen LogP contribution >= 0.6 is 11.5 Å². The van der Waals surface area contributed by atoms with Crippen molar-refractivity contribution in [2.45, 2.75) is 6.92 Å². The van der Waals surface area contributed by atoms with Gasteiger partial charge in [0.15, 0.2) is 0 Å². The Morgan fingerprint density at radius 2 is 1.95 bits per heavy atom. The number of aromatic nitrogens is 1. The van der Waals surface area contributed by atoms with E-state index in [0.29, 0.717) is 6.61 Å². The van der Waals surface area contributed by atoms with E-state index < -0.39 is 0 Å². The van der Waals surface area contributed by atoms with Crippen LogP contribution in [-0.2, 0) is 0 Å². The summed E-state index contributed by atoms with van der Waals surface area (Å²) in [5.41, 5.74) is 2.04. The summed E-state index contributed by atoms with van der Waals surface area (Å²) < 4.78 is 9.79. The molecule has 0 amide bonds. The first kappa shape index (κ1) is 12.8. The van der Waals surface area contributed by atoms with Gasteiger partial charge in [-0.1, -0.05) is 12.1 Å². The molecule has 0 saturated heterocycles. The Morgan fingerprint density at radius 3 is 2.75 bits per heavy atom. The maximum absolute atomic E-state index is 5.42. The number of nitrogens with zero attached hydrogens (tertiary/aromatic N) is 2. The zero-order valence-corrected chi connectivity index (χ0v) is 11.9. The molecular weight excluding hydrogens is 268 g/mol. The van der Waals surface area contributed by atoms with E-state index in [-0.39, 0.29) is 0 Å². The average molecular weight is 282 g/mol. The molecule has 0 atom stereocenters. The Bertz CT molecular complexity index is 732. The molecule has 0 unspecified atom stereocenters. The molecule has 0 fully saturated rings. The van der Waals surface area contributed by atoms with Crippen LogP contribution in [0.4, 0.5) is 5.00 Å². The number of rotatable bonds is 4. The lowest BCUT2D eigenvalue weighted by Crippen LogP contribution is -1.91. The molecule has 3 nitrogen and oxygen atoms in total. The zero-order chi connectivity index (χ0) is 13.8. The molecule has 4 heteroatoms. The van der Waals surface area contributed by atoms with Gasteiger partial charge in [0, 0.05) is 11.6 Å². The molecule has 0 bridgehead atoms. The van der Waals surface area contributed by atoms with Gasteiger partial charge in [-0.3, -0.25) is 0 Å². The van der Waals surface area contributed by atoms with Crippen molar-refractivity contribution in [1.29, 1.82) is 0 Å². The number of aliphatic imine (C=N–C) groups is 1. The van der Waals surface area contributed by atoms with E-state index in [0.717, 1.165) is 27.2 Å². The maximum atomic E-state index is 5.42. The van der Waals surface area contributed by atoms with Crippen LogP contribution in [0.25, 0.3) is 10.9 Å². The van der Waals surface area contributed by atoms with E-state index in [4.69, 9.17) is 4.74 Å². The monoisotopic (exact) mass is 282 g/mol. The van der Waals surface area contributed by atoms with Gasteiger partial charge in [-0.25, -0.2) is 4.99 Å². The number of fused-ring (bicyclic) bond motifs is 1. The van der Waals surface area contributed by atoms with Gasteiger partial charge in [-0.2, -0.15) is 4.37 Å². The fourth-order valence-corrected chi connectivity index (χ4v) is 2.63. The second-order valence-corrected chi connectivity index (χ2v) is 5.02. The van der Waals surface area contributed by atoms with E-state index in [9.17, 15) is 0 Å². The van der Waals surface area contributed by atoms with E-state index >= 15 is 0 Å². The normalized spacial score (nSPS) is 11.2. The SMILES string of the molecule is CCOc1ccc(/C=N/c2snc3ccccc23)cc1. The quantitative estimate of drug-likeness (QED) is 0.663. The summed E-state index contributed by atoms with van der Waals surface area (Å²) >= 11 is 1.42. The number of ether oxygens (including phenoxy) is 1. The van der Waals surface area contributed by atoms with Gasteiger partial charge in [0.05, 0.1) is 12.1 Å². The second-order valence-electron chi connectivity index (χ2n) is 4.27. The molecule has 0 aliphatic heterocycles. The van der Waals surface area contributed by atoms with E-state index in [1.54, 1.807) is 0 Å². The van der Waals surface area contributed by atoms with Gasteiger partial charge in [0.1, 0.15) is 10.8 Å². The Kier molecular flexibility index (Phi) is 3.74. The minimum Gasteiger partial charge on any atom is -0.494 e. The highest BCUT2D eigenvalue weighted by Gasteiger charge is 2.02. The lowest BCUT2D eigenvalue weighted by molar-refractivity contribution is 0.340. The first-order valence-electron chi connectivity index (χ1n) is 6.48. The number of hydrogen-bond acceptors (Lipinski definition) is 4. The van der Waals surface area contributed by atoms with Crippen LogP contribution in [-0.4, -0.2) is 17.2 Å². The Balaban J connectivity index is 1.83. The Labute approximate surface area is 121 Å². The van der Waals surface area contributed by atoms with Crippen LogP contribution in [0.15, 0.2) is 53.5 Å². The summed E-state index contributed by atoms with van der Waals surface area (Å²) in [7, 11) is 0. The van der Waals surface area contributed by atoms with Gasteiger partial charge in [-0.15, -0.1) is 0 Å². The van der Waals surface area contributed by atoms with Crippen molar-refractivity contribution in [3.05, 3.63) is 54.1 Å². The third-order valence-electron chi connectivity index (χ3n) is 2.89. The smallest absolute Gasteiger partial charge is 0.143 e. The summed E-state index contributed by atoms with van der Waals surface area (Å²) in [4.78, 5) is 4.53. The molecule has 3 rings (SSSR count). The first-order chi connectivity index (χ1) is 9.86. The predicted molar refractivity (Wildman–Crippen MR) is 84.5 cm³/mol. The van der Waals surface area contributed by atoms with E-state index in [1.165, 1.54) is 11.5 Å². The Morgan fingerprint density at radius 1 is 1.15 bits per heavy atom. The Hall–Kier alpha value is -2.20. The van der Waals surface area contributed by atoms with Crippen molar-refractivity contribution in [2.24, 2.45) is 4.99 Å². The van der Waals surface area contributed by atoms with Gasteiger partial charge < -0.3 is 4.74 Å². The van der Waals surface area contributed by atoms with Crippen LogP contribution in [0.2, 0.25) is 0 Å². The van der Waals surface area contributed by atoms with Crippen LogP contribution < -0.4 is 4.74 Å². The molecule has 2 aromatic carbocycles. The minimum atomic E-state index is 0.681. The second kappa shape index (κ2) is 5.84. The largest absolute Gasteiger partial charge is 0.494 e. The third-order valence-corrected chi connectivity index (χ3v) is 3.67. The van der Waals surface area contributed by atoms with Gasteiger partial charge in [0.25, 0.3) is 0 Å². The van der Waals surface area contributed by atoms with Crippen LogP contribution in [0.1, 0.15) is 12.5 Å². The topological polar surface area (TPSA) is 34.5 Å². The molecule has 0 N–H and O–H groups in total. The zero-order valence-electron chi connectivity index (χ0n) is 11.1. The molecule has 0 radical (unpaired) electrons. The van der Waals surface area contributed by atoms with Crippen molar-refractivity contribution in [3.63, 3.8) is 0 Å². The molecule has 1 heterocycles. The van der Waals surface area contributed by atoms with Crippen molar-refractivity contribution < 1.29 is 4.74 Å². The molecular formula is C16H14N2OS. The fraction of sp³-hybridized carbons (Fsp3) is 0.125. The first-order valence-corrected chi connectivity index (χ1v) is 7.25. The highest BCUT2D eigenvalue weighted by atomic mass is 32.1. The standard InChI is InChI=1S/C16H14N2OS/c1-2-19-13-9-7-12(8-10-13)11-17-16-14-5-3-4-6-15(14)18-20-16/h3-11H,2H2,1H3/b17-11+. The number of hydrogen-bond donors (Lipinski definition) is 0. The molecule has 0 spiro atoms. The maximum Gasteiger partial charge on any atom is 0.143 e. The predicted octanol–water partition coefficient (Wildman–Crippen LogP) is 4.45. The van der Waals surface area contributed by atoms with Crippen LogP contribution in [0.5, 0.6) is 5.75 Å². The molecule has 0 aliphatic rings. The van der Waals surface area contributed by atoms with Crippen molar-refractivity contribution in [3.8, 4) is 5.75 Å². The van der Waals surface area contributed by atoms with Gasteiger partial charge >= 0.3 is 0 Å². The third kappa shape index (κ3) is 2.70. The molecule has 0 saturated carbocycles. The average Bonchev–Trinajstić information content (AvgIpc) is 2.90. The summed E-state index contributed by atoms with van der Waals surface area (Å²) in [6.45, 7) is 2.66. The van der Waals surface area contributed by atoms with Crippen molar-refractivity contribution >= 4 is 33.7 Å². The summed E-state index contributed by atoms with van der Waals surface area (Å²) in [6, 6.07) is 15.9. The van der Waals surface area contributed by atoms with Crippen molar-refractivity contribution in [1.82, 2.24) is 4.37 Å². The lowest BCUT2D eigenvalue weighted by Gasteiger charge is -2.01. The van der Waals surface area contributed by atoms with Crippen molar-refractivity contribution in [2.75, 3.05) is 6.61 Å². The molecule has 3 aromatic rings. The van der Waals surface area contributed by atoms with E-state index in [1.807, 2.05) is 61.7 Å². The molecule has 100 valence electrons. The minimum absolute atomic E-state index is 0.681. The summed E-state index contributed by atoms with van der Waals surface area (Å²) in [5.74, 6) is 0.882. The van der Waals surface area contributed by atoms with Crippen LogP contribution in [0, 0.1) is 0 Å². The van der Waals surface area contributed by atoms with Gasteiger partial charge in [0.2, 0.25) is 0 Å².